The first-order chi connectivity index (χ1) is 9.37. The summed E-state index contributed by atoms with van der Waals surface area (Å²) in [5.41, 5.74) is 0.230. The third-order valence-electron chi connectivity index (χ3n) is 6.49. The molecule has 2 saturated carbocycles. The molecule has 0 aromatic rings. The van der Waals surface area contributed by atoms with Gasteiger partial charge in [0.2, 0.25) is 0 Å². The fourth-order valence-electron chi connectivity index (χ4n) is 5.08. The second-order valence-corrected chi connectivity index (χ2v) is 7.22. The fraction of sp³-hybridized carbons (Fsp3) is 0.875. The Bertz CT molecular complexity index is 423. The van der Waals surface area contributed by atoms with E-state index in [1.165, 1.54) is 0 Å². The van der Waals surface area contributed by atoms with Crippen LogP contribution >= 0.6 is 0 Å². The smallest absolute Gasteiger partial charge is 0.169 e. The SMILES string of the molecule is C=C1COC(OC)[C@@]12C[C@@H]1C[C@@H](O)C[C@@H](C)C1(C)[C@H]2O. The Balaban J connectivity index is 2.03. The molecule has 4 heteroatoms. The third kappa shape index (κ3) is 1.56. The van der Waals surface area contributed by atoms with Gasteiger partial charge in [-0.25, -0.2) is 0 Å². The van der Waals surface area contributed by atoms with E-state index >= 15 is 0 Å². The molecule has 114 valence electrons. The first-order valence-corrected chi connectivity index (χ1v) is 7.56. The van der Waals surface area contributed by atoms with Crippen molar-refractivity contribution < 1.29 is 19.7 Å². The van der Waals surface area contributed by atoms with Gasteiger partial charge in [-0.3, -0.25) is 0 Å². The van der Waals surface area contributed by atoms with Gasteiger partial charge in [0.05, 0.1) is 24.2 Å². The molecular formula is C16H26O4. The standard InChI is InChI=1S/C16H26O4/c1-9-5-12(17)6-11-7-16(13(18)15(9,11)3)10(2)8-20-14(16)19-4/h9,11-14,17-18H,2,5-8H2,1,3-4H3/t9-,11+,12+,13-,14?,15?,16+/m1/s1. The Labute approximate surface area is 120 Å². The first-order valence-electron chi connectivity index (χ1n) is 7.56. The van der Waals surface area contributed by atoms with Crippen LogP contribution in [0.5, 0.6) is 0 Å². The minimum Gasteiger partial charge on any atom is -0.393 e. The van der Waals surface area contributed by atoms with Gasteiger partial charge in [-0.05, 0) is 36.7 Å². The monoisotopic (exact) mass is 282 g/mol. The van der Waals surface area contributed by atoms with Crippen LogP contribution in [0.1, 0.15) is 33.1 Å². The minimum atomic E-state index is -0.526. The number of methoxy groups -OCH3 is 1. The van der Waals surface area contributed by atoms with Crippen LogP contribution in [0.15, 0.2) is 12.2 Å². The molecule has 0 aromatic heterocycles. The second kappa shape index (κ2) is 4.54. The van der Waals surface area contributed by atoms with Crippen molar-refractivity contribution in [3.8, 4) is 0 Å². The number of hydrogen-bond donors (Lipinski definition) is 2. The summed E-state index contributed by atoms with van der Waals surface area (Å²) in [6, 6.07) is 0. The molecule has 3 aliphatic rings. The van der Waals surface area contributed by atoms with E-state index in [0.717, 1.165) is 24.8 Å². The maximum atomic E-state index is 11.2. The normalized spacial score (nSPS) is 55.5. The molecular weight excluding hydrogens is 256 g/mol. The van der Waals surface area contributed by atoms with Gasteiger partial charge in [0.1, 0.15) is 0 Å². The van der Waals surface area contributed by atoms with Crippen LogP contribution < -0.4 is 0 Å². The van der Waals surface area contributed by atoms with Crippen molar-refractivity contribution in [1.82, 2.24) is 0 Å². The lowest BCUT2D eigenvalue weighted by Gasteiger charge is -2.47. The molecule has 7 atom stereocenters. The fourth-order valence-corrected chi connectivity index (χ4v) is 5.08. The maximum Gasteiger partial charge on any atom is 0.169 e. The molecule has 1 aliphatic heterocycles. The molecule has 1 heterocycles. The number of hydrogen-bond acceptors (Lipinski definition) is 4. The maximum absolute atomic E-state index is 11.2. The molecule has 1 saturated heterocycles. The van der Waals surface area contributed by atoms with Crippen molar-refractivity contribution in [1.29, 1.82) is 0 Å². The van der Waals surface area contributed by atoms with Crippen LogP contribution in [0.25, 0.3) is 0 Å². The van der Waals surface area contributed by atoms with Gasteiger partial charge >= 0.3 is 0 Å². The molecule has 2 N–H and O–H groups in total. The summed E-state index contributed by atoms with van der Waals surface area (Å²) in [6.45, 7) is 8.89. The molecule has 2 aliphatic carbocycles. The zero-order chi connectivity index (χ0) is 14.7. The molecule has 20 heavy (non-hydrogen) atoms. The van der Waals surface area contributed by atoms with Crippen molar-refractivity contribution in [2.75, 3.05) is 13.7 Å². The van der Waals surface area contributed by atoms with E-state index in [9.17, 15) is 10.2 Å². The zero-order valence-electron chi connectivity index (χ0n) is 12.6. The van der Waals surface area contributed by atoms with E-state index in [1.54, 1.807) is 7.11 Å². The summed E-state index contributed by atoms with van der Waals surface area (Å²) >= 11 is 0. The molecule has 0 radical (unpaired) electrons. The molecule has 1 spiro atoms. The summed E-state index contributed by atoms with van der Waals surface area (Å²) in [4.78, 5) is 0. The second-order valence-electron chi connectivity index (χ2n) is 7.22. The van der Waals surface area contributed by atoms with Gasteiger partial charge in [0, 0.05) is 12.5 Å². The van der Waals surface area contributed by atoms with Gasteiger partial charge in [-0.1, -0.05) is 20.4 Å². The van der Waals surface area contributed by atoms with Crippen molar-refractivity contribution in [3.63, 3.8) is 0 Å². The number of ether oxygens (including phenoxy) is 2. The highest BCUT2D eigenvalue weighted by atomic mass is 16.7. The Hall–Kier alpha value is -0.420. The Morgan fingerprint density at radius 2 is 2.05 bits per heavy atom. The molecule has 2 unspecified atom stereocenters. The Kier molecular flexibility index (Phi) is 3.29. The lowest BCUT2D eigenvalue weighted by molar-refractivity contribution is -0.175. The van der Waals surface area contributed by atoms with Crippen molar-refractivity contribution in [2.45, 2.75) is 51.6 Å². The highest BCUT2D eigenvalue weighted by Gasteiger charge is 2.68. The molecule has 3 fully saturated rings. The minimum absolute atomic E-state index is 0.202. The van der Waals surface area contributed by atoms with E-state index < -0.39 is 17.8 Å². The van der Waals surface area contributed by atoms with Gasteiger partial charge in [0.15, 0.2) is 6.29 Å². The predicted octanol–water partition coefficient (Wildman–Crippen LogP) is 1.71. The van der Waals surface area contributed by atoms with Crippen LogP contribution in [0.4, 0.5) is 0 Å². The zero-order valence-corrected chi connectivity index (χ0v) is 12.6. The lowest BCUT2D eigenvalue weighted by atomic mass is 9.61. The Morgan fingerprint density at radius 3 is 2.70 bits per heavy atom. The van der Waals surface area contributed by atoms with Crippen LogP contribution in [-0.4, -0.2) is 42.4 Å². The summed E-state index contributed by atoms with van der Waals surface area (Å²) in [5, 5.41) is 21.2. The van der Waals surface area contributed by atoms with Crippen molar-refractivity contribution >= 4 is 0 Å². The van der Waals surface area contributed by atoms with Crippen molar-refractivity contribution in [3.05, 3.63) is 12.2 Å². The average Bonchev–Trinajstić information content (AvgIpc) is 2.82. The number of fused-ring (bicyclic) bond motifs is 1. The summed E-state index contributed by atoms with van der Waals surface area (Å²) in [6.07, 6.45) is 1.10. The van der Waals surface area contributed by atoms with E-state index in [1.807, 2.05) is 0 Å². The molecule has 0 amide bonds. The number of aliphatic hydroxyl groups is 2. The van der Waals surface area contributed by atoms with E-state index in [4.69, 9.17) is 9.47 Å². The van der Waals surface area contributed by atoms with Gasteiger partial charge in [-0.2, -0.15) is 0 Å². The summed E-state index contributed by atoms with van der Waals surface area (Å²) < 4.78 is 11.2. The Morgan fingerprint density at radius 1 is 1.35 bits per heavy atom. The number of rotatable bonds is 1. The molecule has 4 nitrogen and oxygen atoms in total. The van der Waals surface area contributed by atoms with Crippen LogP contribution in [-0.2, 0) is 9.47 Å². The molecule has 3 rings (SSSR count). The van der Waals surface area contributed by atoms with E-state index in [0.29, 0.717) is 6.61 Å². The van der Waals surface area contributed by atoms with Crippen molar-refractivity contribution in [2.24, 2.45) is 22.7 Å². The first kappa shape index (κ1) is 14.5. The average molecular weight is 282 g/mol. The quantitative estimate of drug-likeness (QED) is 0.719. The summed E-state index contributed by atoms with van der Waals surface area (Å²) in [7, 11) is 1.63. The number of aliphatic hydroxyl groups excluding tert-OH is 2. The lowest BCUT2D eigenvalue weighted by Crippen LogP contribution is -2.50. The van der Waals surface area contributed by atoms with Crippen LogP contribution in [0.2, 0.25) is 0 Å². The van der Waals surface area contributed by atoms with Gasteiger partial charge < -0.3 is 19.7 Å². The summed E-state index contributed by atoms with van der Waals surface area (Å²) in [5.74, 6) is 0.559. The van der Waals surface area contributed by atoms with Crippen LogP contribution in [0.3, 0.4) is 0 Å². The van der Waals surface area contributed by atoms with Gasteiger partial charge in [0.25, 0.3) is 0 Å². The van der Waals surface area contributed by atoms with E-state index in [-0.39, 0.29) is 23.4 Å². The van der Waals surface area contributed by atoms with Gasteiger partial charge in [-0.15, -0.1) is 0 Å². The van der Waals surface area contributed by atoms with Crippen LogP contribution in [0, 0.1) is 22.7 Å². The topological polar surface area (TPSA) is 58.9 Å². The van der Waals surface area contributed by atoms with E-state index in [2.05, 4.69) is 20.4 Å². The highest BCUT2D eigenvalue weighted by Crippen LogP contribution is 2.66. The third-order valence-corrected chi connectivity index (χ3v) is 6.49. The largest absolute Gasteiger partial charge is 0.393 e. The molecule has 0 bridgehead atoms. The predicted molar refractivity (Wildman–Crippen MR) is 74.9 cm³/mol. The highest BCUT2D eigenvalue weighted by molar-refractivity contribution is 5.27. The molecule has 0 aromatic carbocycles.